The molecule has 16 heavy (non-hydrogen) atoms. The highest BCUT2D eigenvalue weighted by atomic mass is 16.2. The summed E-state index contributed by atoms with van der Waals surface area (Å²) in [6.45, 7) is 8.63. The van der Waals surface area contributed by atoms with Gasteiger partial charge in [0.2, 0.25) is 11.8 Å². The van der Waals surface area contributed by atoms with Crippen molar-refractivity contribution < 1.29 is 9.59 Å². The SMILES string of the molecule is CC[C@@H](N)C(=O)NC(C)C(=O)N(CC)CC. The Morgan fingerprint density at radius 1 is 1.25 bits per heavy atom. The van der Waals surface area contributed by atoms with Gasteiger partial charge in [0.15, 0.2) is 0 Å². The highest BCUT2D eigenvalue weighted by Gasteiger charge is 2.21. The van der Waals surface area contributed by atoms with Crippen LogP contribution in [0.3, 0.4) is 0 Å². The van der Waals surface area contributed by atoms with Crippen molar-refractivity contribution in [2.24, 2.45) is 5.73 Å². The molecule has 2 amide bonds. The van der Waals surface area contributed by atoms with E-state index in [1.54, 1.807) is 11.8 Å². The molecule has 0 heterocycles. The maximum Gasteiger partial charge on any atom is 0.244 e. The summed E-state index contributed by atoms with van der Waals surface area (Å²) in [5, 5.41) is 2.62. The van der Waals surface area contributed by atoms with E-state index in [9.17, 15) is 9.59 Å². The Labute approximate surface area is 97.4 Å². The number of hydrogen-bond donors (Lipinski definition) is 2. The molecule has 5 heteroatoms. The topological polar surface area (TPSA) is 75.4 Å². The van der Waals surface area contributed by atoms with Crippen LogP contribution >= 0.6 is 0 Å². The van der Waals surface area contributed by atoms with E-state index in [1.165, 1.54) is 0 Å². The molecular weight excluding hydrogens is 206 g/mol. The van der Waals surface area contributed by atoms with Crippen molar-refractivity contribution in [2.75, 3.05) is 13.1 Å². The van der Waals surface area contributed by atoms with Gasteiger partial charge in [0.05, 0.1) is 6.04 Å². The monoisotopic (exact) mass is 229 g/mol. The van der Waals surface area contributed by atoms with E-state index < -0.39 is 12.1 Å². The van der Waals surface area contributed by atoms with Gasteiger partial charge in [0.25, 0.3) is 0 Å². The normalized spacial score (nSPS) is 14.1. The summed E-state index contributed by atoms with van der Waals surface area (Å²) in [4.78, 5) is 25.0. The second-order valence-corrected chi connectivity index (χ2v) is 3.76. The Balaban J connectivity index is 4.29. The molecular formula is C11H23N3O2. The zero-order chi connectivity index (χ0) is 12.7. The van der Waals surface area contributed by atoms with Crippen molar-refractivity contribution in [3.8, 4) is 0 Å². The molecule has 0 aromatic heterocycles. The largest absolute Gasteiger partial charge is 0.343 e. The van der Waals surface area contributed by atoms with Crippen LogP contribution in [0.25, 0.3) is 0 Å². The molecule has 0 saturated carbocycles. The van der Waals surface area contributed by atoms with Crippen LogP contribution in [0.4, 0.5) is 0 Å². The first-order valence-electron chi connectivity index (χ1n) is 5.82. The quantitative estimate of drug-likeness (QED) is 0.678. The smallest absolute Gasteiger partial charge is 0.244 e. The molecule has 3 N–H and O–H groups in total. The minimum atomic E-state index is -0.535. The average molecular weight is 229 g/mol. The Bertz CT molecular complexity index is 239. The van der Waals surface area contributed by atoms with E-state index in [2.05, 4.69) is 5.32 Å². The van der Waals surface area contributed by atoms with Crippen LogP contribution in [0.1, 0.15) is 34.1 Å². The molecule has 0 aliphatic heterocycles. The summed E-state index contributed by atoms with van der Waals surface area (Å²) in [5.41, 5.74) is 5.57. The fraction of sp³-hybridized carbons (Fsp3) is 0.818. The lowest BCUT2D eigenvalue weighted by atomic mass is 10.2. The predicted octanol–water partition coefficient (Wildman–Crippen LogP) is 0.0968. The van der Waals surface area contributed by atoms with Crippen LogP contribution in [-0.2, 0) is 9.59 Å². The van der Waals surface area contributed by atoms with Gasteiger partial charge >= 0.3 is 0 Å². The van der Waals surface area contributed by atoms with Crippen molar-refractivity contribution in [3.63, 3.8) is 0 Å². The number of likely N-dealkylation sites (N-methyl/N-ethyl adjacent to an activating group) is 1. The second kappa shape index (κ2) is 7.22. The van der Waals surface area contributed by atoms with Crippen molar-refractivity contribution in [1.82, 2.24) is 10.2 Å². The van der Waals surface area contributed by atoms with Gasteiger partial charge in [0, 0.05) is 13.1 Å². The molecule has 0 aromatic rings. The number of nitrogens with zero attached hydrogens (tertiary/aromatic N) is 1. The minimum Gasteiger partial charge on any atom is -0.343 e. The van der Waals surface area contributed by atoms with Gasteiger partial charge in [-0.1, -0.05) is 6.92 Å². The number of rotatable bonds is 6. The van der Waals surface area contributed by atoms with E-state index in [0.29, 0.717) is 19.5 Å². The van der Waals surface area contributed by atoms with Crippen molar-refractivity contribution >= 4 is 11.8 Å². The number of carbonyl (C=O) groups is 2. The standard InChI is InChI=1S/C11H23N3O2/c1-5-9(12)10(15)13-8(4)11(16)14(6-2)7-3/h8-9H,5-7,12H2,1-4H3,(H,13,15)/t8?,9-/m1/s1. The van der Waals surface area contributed by atoms with Crippen LogP contribution in [0.2, 0.25) is 0 Å². The lowest BCUT2D eigenvalue weighted by Crippen LogP contribution is -2.51. The molecule has 0 aliphatic rings. The van der Waals surface area contributed by atoms with Gasteiger partial charge < -0.3 is 16.0 Å². The molecule has 0 bridgehead atoms. The molecule has 0 aromatic carbocycles. The van der Waals surface area contributed by atoms with E-state index >= 15 is 0 Å². The molecule has 5 nitrogen and oxygen atoms in total. The van der Waals surface area contributed by atoms with Crippen LogP contribution in [0.5, 0.6) is 0 Å². The first-order chi connectivity index (χ1) is 7.47. The first-order valence-corrected chi connectivity index (χ1v) is 5.82. The maximum atomic E-state index is 11.8. The highest BCUT2D eigenvalue weighted by molar-refractivity contribution is 5.89. The van der Waals surface area contributed by atoms with Crippen molar-refractivity contribution in [1.29, 1.82) is 0 Å². The zero-order valence-corrected chi connectivity index (χ0v) is 10.6. The van der Waals surface area contributed by atoms with Crippen LogP contribution in [-0.4, -0.2) is 41.9 Å². The molecule has 1 unspecified atom stereocenters. The first kappa shape index (κ1) is 14.9. The van der Waals surface area contributed by atoms with Crippen LogP contribution in [0.15, 0.2) is 0 Å². The van der Waals surface area contributed by atoms with Gasteiger partial charge in [-0.05, 0) is 27.2 Å². The number of hydrogen-bond acceptors (Lipinski definition) is 3. The Hall–Kier alpha value is -1.10. The van der Waals surface area contributed by atoms with Crippen LogP contribution < -0.4 is 11.1 Å². The lowest BCUT2D eigenvalue weighted by Gasteiger charge is -2.24. The molecule has 0 saturated heterocycles. The maximum absolute atomic E-state index is 11.8. The third-order valence-electron chi connectivity index (χ3n) is 2.58. The van der Waals surface area contributed by atoms with E-state index in [1.807, 2.05) is 20.8 Å². The highest BCUT2D eigenvalue weighted by Crippen LogP contribution is 1.96. The number of nitrogens with two attached hydrogens (primary N) is 1. The van der Waals surface area contributed by atoms with Gasteiger partial charge in [-0.15, -0.1) is 0 Å². The number of carbonyl (C=O) groups excluding carboxylic acids is 2. The van der Waals surface area contributed by atoms with E-state index in [-0.39, 0.29) is 11.8 Å². The molecule has 0 spiro atoms. The summed E-state index contributed by atoms with van der Waals surface area (Å²) in [7, 11) is 0. The zero-order valence-electron chi connectivity index (χ0n) is 10.6. The average Bonchev–Trinajstić information content (AvgIpc) is 2.29. The van der Waals surface area contributed by atoms with Gasteiger partial charge in [-0.25, -0.2) is 0 Å². The number of nitrogens with one attached hydrogen (secondary N) is 1. The minimum absolute atomic E-state index is 0.0679. The fourth-order valence-corrected chi connectivity index (χ4v) is 1.38. The summed E-state index contributed by atoms with van der Waals surface area (Å²) in [6, 6.07) is -1.04. The van der Waals surface area contributed by atoms with Gasteiger partial charge in [-0.3, -0.25) is 9.59 Å². The molecule has 0 radical (unpaired) electrons. The second-order valence-electron chi connectivity index (χ2n) is 3.76. The third-order valence-corrected chi connectivity index (χ3v) is 2.58. The molecule has 0 aliphatic carbocycles. The molecule has 94 valence electrons. The van der Waals surface area contributed by atoms with Crippen molar-refractivity contribution in [3.05, 3.63) is 0 Å². The summed E-state index contributed by atoms with van der Waals surface area (Å²) in [6.07, 6.45) is 0.567. The van der Waals surface area contributed by atoms with Crippen molar-refractivity contribution in [2.45, 2.75) is 46.2 Å². The Kier molecular flexibility index (Phi) is 6.72. The van der Waals surface area contributed by atoms with Gasteiger partial charge in [-0.2, -0.15) is 0 Å². The van der Waals surface area contributed by atoms with E-state index in [4.69, 9.17) is 5.73 Å². The summed E-state index contributed by atoms with van der Waals surface area (Å²) < 4.78 is 0. The van der Waals surface area contributed by atoms with Crippen LogP contribution in [0, 0.1) is 0 Å². The molecule has 0 rings (SSSR count). The lowest BCUT2D eigenvalue weighted by molar-refractivity contribution is -0.136. The molecule has 0 fully saturated rings. The van der Waals surface area contributed by atoms with Gasteiger partial charge in [0.1, 0.15) is 6.04 Å². The van der Waals surface area contributed by atoms with E-state index in [0.717, 1.165) is 0 Å². The Morgan fingerprint density at radius 3 is 2.12 bits per heavy atom. The fourth-order valence-electron chi connectivity index (χ4n) is 1.38. The summed E-state index contributed by atoms with van der Waals surface area (Å²) >= 11 is 0. The third kappa shape index (κ3) is 4.18. The number of amides is 2. The summed E-state index contributed by atoms with van der Waals surface area (Å²) in [5.74, 6) is -0.336. The Morgan fingerprint density at radius 2 is 1.75 bits per heavy atom. The molecule has 2 atom stereocenters. The predicted molar refractivity (Wildman–Crippen MR) is 63.8 cm³/mol.